The van der Waals surface area contributed by atoms with Gasteiger partial charge in [-0.05, 0) is 36.4 Å². The molecule has 0 bridgehead atoms. The summed E-state index contributed by atoms with van der Waals surface area (Å²) in [6, 6.07) is 11.4. The predicted molar refractivity (Wildman–Crippen MR) is 77.3 cm³/mol. The second kappa shape index (κ2) is 5.71. The Morgan fingerprint density at radius 2 is 1.79 bits per heavy atom. The number of phenols is 2. The van der Waals surface area contributed by atoms with Gasteiger partial charge in [0.05, 0.1) is 5.56 Å². The maximum absolute atomic E-state index is 12.0. The van der Waals surface area contributed by atoms with Crippen molar-refractivity contribution >= 4 is 27.8 Å². The molecule has 0 aliphatic carbocycles. The molecule has 0 atom stereocenters. The predicted octanol–water partition coefficient (Wildman–Crippen LogP) is 3.76. The smallest absolute Gasteiger partial charge is 0.189 e. The first kappa shape index (κ1) is 13.4. The van der Waals surface area contributed by atoms with Crippen molar-refractivity contribution in [1.82, 2.24) is 0 Å². The molecule has 2 aromatic carbocycles. The molecular formula is C15H11BrO3. The lowest BCUT2D eigenvalue weighted by Crippen LogP contribution is -1.94. The first-order valence-electron chi connectivity index (χ1n) is 5.57. The van der Waals surface area contributed by atoms with Gasteiger partial charge in [-0.2, -0.15) is 0 Å². The molecule has 19 heavy (non-hydrogen) atoms. The van der Waals surface area contributed by atoms with E-state index in [-0.39, 0.29) is 22.8 Å². The molecule has 2 aromatic rings. The van der Waals surface area contributed by atoms with Gasteiger partial charge in [0.25, 0.3) is 0 Å². The minimum Gasteiger partial charge on any atom is -0.507 e. The molecule has 0 fully saturated rings. The normalized spacial score (nSPS) is 10.8. The van der Waals surface area contributed by atoms with Gasteiger partial charge in [0.1, 0.15) is 11.5 Å². The zero-order valence-electron chi connectivity index (χ0n) is 9.88. The van der Waals surface area contributed by atoms with Crippen molar-refractivity contribution < 1.29 is 15.0 Å². The number of para-hydroxylation sites is 1. The number of phenolic OH excluding ortho intramolecular Hbond substituents is 2. The molecule has 4 heteroatoms. The Labute approximate surface area is 119 Å². The molecule has 0 heterocycles. The van der Waals surface area contributed by atoms with Crippen molar-refractivity contribution in [3.8, 4) is 11.5 Å². The largest absolute Gasteiger partial charge is 0.507 e. The van der Waals surface area contributed by atoms with E-state index in [1.807, 2.05) is 0 Å². The van der Waals surface area contributed by atoms with Gasteiger partial charge >= 0.3 is 0 Å². The molecule has 0 unspecified atom stereocenters. The van der Waals surface area contributed by atoms with E-state index >= 15 is 0 Å². The monoisotopic (exact) mass is 318 g/mol. The Bertz CT molecular complexity index is 648. The molecule has 0 aliphatic rings. The zero-order valence-corrected chi connectivity index (χ0v) is 11.5. The fourth-order valence-corrected chi connectivity index (χ4v) is 1.95. The maximum Gasteiger partial charge on any atom is 0.189 e. The van der Waals surface area contributed by atoms with E-state index in [4.69, 9.17) is 0 Å². The van der Waals surface area contributed by atoms with Gasteiger partial charge in [-0.15, -0.1) is 0 Å². The van der Waals surface area contributed by atoms with Gasteiger partial charge in [0, 0.05) is 10.0 Å². The Hall–Kier alpha value is -2.07. The van der Waals surface area contributed by atoms with Crippen LogP contribution in [-0.2, 0) is 0 Å². The number of rotatable bonds is 3. The molecule has 2 rings (SSSR count). The second-order valence-corrected chi connectivity index (χ2v) is 4.83. The van der Waals surface area contributed by atoms with Gasteiger partial charge in [-0.1, -0.05) is 34.1 Å². The second-order valence-electron chi connectivity index (χ2n) is 3.92. The molecule has 0 aliphatic heterocycles. The fraction of sp³-hybridized carbons (Fsp3) is 0. The van der Waals surface area contributed by atoms with Crippen LogP contribution in [-0.4, -0.2) is 16.0 Å². The molecular weight excluding hydrogens is 308 g/mol. The number of carbonyl (C=O) groups is 1. The Morgan fingerprint density at radius 3 is 2.53 bits per heavy atom. The third-order valence-corrected chi connectivity index (χ3v) is 3.07. The van der Waals surface area contributed by atoms with Crippen LogP contribution in [0.2, 0.25) is 0 Å². The third kappa shape index (κ3) is 3.23. The minimum atomic E-state index is -0.331. The van der Waals surface area contributed by atoms with Crippen LogP contribution < -0.4 is 0 Å². The highest BCUT2D eigenvalue weighted by Crippen LogP contribution is 2.23. The highest BCUT2D eigenvalue weighted by Gasteiger charge is 2.08. The number of aromatic hydroxyl groups is 2. The van der Waals surface area contributed by atoms with E-state index in [1.165, 1.54) is 18.2 Å². The Balaban J connectivity index is 2.26. The molecule has 0 spiro atoms. The van der Waals surface area contributed by atoms with E-state index in [2.05, 4.69) is 15.9 Å². The summed E-state index contributed by atoms with van der Waals surface area (Å²) in [5.41, 5.74) is 0.756. The van der Waals surface area contributed by atoms with E-state index in [0.29, 0.717) is 10.0 Å². The molecule has 96 valence electrons. The summed E-state index contributed by atoms with van der Waals surface area (Å²) < 4.78 is 0.713. The van der Waals surface area contributed by atoms with Crippen LogP contribution in [0.3, 0.4) is 0 Å². The van der Waals surface area contributed by atoms with Crippen LogP contribution in [0.1, 0.15) is 15.9 Å². The Kier molecular flexibility index (Phi) is 4.02. The quantitative estimate of drug-likeness (QED) is 0.669. The van der Waals surface area contributed by atoms with Gasteiger partial charge in [0.2, 0.25) is 0 Å². The van der Waals surface area contributed by atoms with Gasteiger partial charge in [-0.25, -0.2) is 0 Å². The SMILES string of the molecule is O=C(/C=C/c1ccccc1O)c1cc(Br)ccc1O. The number of hydrogen-bond donors (Lipinski definition) is 2. The van der Waals surface area contributed by atoms with Crippen LogP contribution in [0.5, 0.6) is 11.5 Å². The molecule has 2 N–H and O–H groups in total. The summed E-state index contributed by atoms with van der Waals surface area (Å²) in [5.74, 6) is -0.304. The molecule has 0 amide bonds. The maximum atomic E-state index is 12.0. The summed E-state index contributed by atoms with van der Waals surface area (Å²) in [5, 5.41) is 19.2. The van der Waals surface area contributed by atoms with Crippen molar-refractivity contribution in [1.29, 1.82) is 0 Å². The lowest BCUT2D eigenvalue weighted by Gasteiger charge is -2.01. The van der Waals surface area contributed by atoms with Crippen LogP contribution in [0, 0.1) is 0 Å². The summed E-state index contributed by atoms with van der Waals surface area (Å²) in [6.45, 7) is 0. The average Bonchev–Trinajstić information content (AvgIpc) is 2.40. The number of ketones is 1. The van der Waals surface area contributed by atoms with Crippen LogP contribution >= 0.6 is 15.9 Å². The first-order valence-corrected chi connectivity index (χ1v) is 6.36. The lowest BCUT2D eigenvalue weighted by atomic mass is 10.1. The van der Waals surface area contributed by atoms with Crippen LogP contribution in [0.4, 0.5) is 0 Å². The van der Waals surface area contributed by atoms with E-state index < -0.39 is 0 Å². The number of hydrogen-bond acceptors (Lipinski definition) is 3. The summed E-state index contributed by atoms with van der Waals surface area (Å²) in [7, 11) is 0. The lowest BCUT2D eigenvalue weighted by molar-refractivity contribution is 0.104. The highest BCUT2D eigenvalue weighted by atomic mass is 79.9. The standard InChI is InChI=1S/C15H11BrO3/c16-11-6-8-15(19)12(9-11)14(18)7-5-10-3-1-2-4-13(10)17/h1-9,17,19H/b7-5+. The highest BCUT2D eigenvalue weighted by molar-refractivity contribution is 9.10. The van der Waals surface area contributed by atoms with Crippen molar-refractivity contribution in [3.05, 3.63) is 64.1 Å². The molecule has 0 saturated heterocycles. The Morgan fingerprint density at radius 1 is 1.05 bits per heavy atom. The summed E-state index contributed by atoms with van der Waals surface area (Å²) >= 11 is 3.24. The number of benzene rings is 2. The number of carbonyl (C=O) groups excluding carboxylic acids is 1. The van der Waals surface area contributed by atoms with Crippen LogP contribution in [0.25, 0.3) is 6.08 Å². The topological polar surface area (TPSA) is 57.5 Å². The number of halogens is 1. The van der Waals surface area contributed by atoms with E-state index in [0.717, 1.165) is 0 Å². The molecule has 0 aromatic heterocycles. The summed E-state index contributed by atoms with van der Waals surface area (Å²) in [6.07, 6.45) is 2.83. The van der Waals surface area contributed by atoms with Crippen molar-refractivity contribution in [3.63, 3.8) is 0 Å². The zero-order chi connectivity index (χ0) is 13.8. The van der Waals surface area contributed by atoms with Crippen molar-refractivity contribution in [2.45, 2.75) is 0 Å². The molecule has 3 nitrogen and oxygen atoms in total. The number of allylic oxidation sites excluding steroid dienone is 1. The van der Waals surface area contributed by atoms with Gasteiger partial charge in [-0.3, -0.25) is 4.79 Å². The third-order valence-electron chi connectivity index (χ3n) is 2.58. The first-order chi connectivity index (χ1) is 9.08. The molecule has 0 saturated carbocycles. The summed E-state index contributed by atoms with van der Waals surface area (Å²) in [4.78, 5) is 12.0. The fourth-order valence-electron chi connectivity index (χ4n) is 1.59. The van der Waals surface area contributed by atoms with E-state index in [9.17, 15) is 15.0 Å². The van der Waals surface area contributed by atoms with Crippen molar-refractivity contribution in [2.24, 2.45) is 0 Å². The van der Waals surface area contributed by atoms with Gasteiger partial charge < -0.3 is 10.2 Å². The van der Waals surface area contributed by atoms with Crippen LogP contribution in [0.15, 0.2) is 53.0 Å². The van der Waals surface area contributed by atoms with Gasteiger partial charge in [0.15, 0.2) is 5.78 Å². The minimum absolute atomic E-state index is 0.0740. The van der Waals surface area contributed by atoms with Crippen molar-refractivity contribution in [2.75, 3.05) is 0 Å². The average molecular weight is 319 g/mol. The molecule has 0 radical (unpaired) electrons. The van der Waals surface area contributed by atoms with E-state index in [1.54, 1.807) is 36.4 Å².